The van der Waals surface area contributed by atoms with Gasteiger partial charge in [-0.05, 0) is 43.2 Å². The Hall–Kier alpha value is -2.07. The summed E-state index contributed by atoms with van der Waals surface area (Å²) in [6.45, 7) is 3.98. The van der Waals surface area contributed by atoms with Crippen molar-refractivity contribution in [1.29, 1.82) is 0 Å². The molecule has 0 aliphatic rings. The standard InChI is InChI=1S/C16H17ClN2O2/c1-3-4-13-7-11(16(20)21)8-15(18-13)19-14-9-12(17)6-5-10(14)2/h5-9H,3-4H2,1-2H3,(H,18,19)(H,20,21). The lowest BCUT2D eigenvalue weighted by Gasteiger charge is -2.11. The molecule has 0 aliphatic carbocycles. The normalized spacial score (nSPS) is 10.4. The van der Waals surface area contributed by atoms with Crippen LogP contribution in [-0.2, 0) is 6.42 Å². The number of hydrogen-bond acceptors (Lipinski definition) is 3. The van der Waals surface area contributed by atoms with Crippen LogP contribution >= 0.6 is 11.6 Å². The third-order valence-corrected chi connectivity index (χ3v) is 3.33. The van der Waals surface area contributed by atoms with Crippen molar-refractivity contribution >= 4 is 29.1 Å². The summed E-state index contributed by atoms with van der Waals surface area (Å²) in [4.78, 5) is 15.7. The molecule has 0 saturated heterocycles. The number of anilines is 2. The molecule has 0 radical (unpaired) electrons. The van der Waals surface area contributed by atoms with Gasteiger partial charge in [0.05, 0.1) is 5.56 Å². The maximum absolute atomic E-state index is 11.2. The first-order valence-corrected chi connectivity index (χ1v) is 7.15. The third-order valence-electron chi connectivity index (χ3n) is 3.09. The second-order valence-corrected chi connectivity index (χ2v) is 5.31. The fourth-order valence-corrected chi connectivity index (χ4v) is 2.20. The Morgan fingerprint density at radius 2 is 2.10 bits per heavy atom. The summed E-state index contributed by atoms with van der Waals surface area (Å²) in [5, 5.41) is 13.0. The van der Waals surface area contributed by atoms with E-state index in [4.69, 9.17) is 11.6 Å². The number of aromatic nitrogens is 1. The maximum Gasteiger partial charge on any atom is 0.335 e. The Balaban J connectivity index is 2.38. The molecule has 2 aromatic rings. The molecule has 0 saturated carbocycles. The van der Waals surface area contributed by atoms with Crippen LogP contribution in [0.25, 0.3) is 0 Å². The van der Waals surface area contributed by atoms with E-state index in [9.17, 15) is 9.90 Å². The number of pyridine rings is 1. The molecule has 0 bridgehead atoms. The van der Waals surface area contributed by atoms with Crippen LogP contribution in [0, 0.1) is 6.92 Å². The molecule has 0 unspecified atom stereocenters. The molecule has 0 aliphatic heterocycles. The number of nitrogens with zero attached hydrogens (tertiary/aromatic N) is 1. The van der Waals surface area contributed by atoms with E-state index in [0.29, 0.717) is 10.8 Å². The molecular formula is C16H17ClN2O2. The van der Waals surface area contributed by atoms with Crippen LogP contribution in [0.2, 0.25) is 5.02 Å². The maximum atomic E-state index is 11.2. The number of hydrogen-bond donors (Lipinski definition) is 2. The van der Waals surface area contributed by atoms with Crippen molar-refractivity contribution in [1.82, 2.24) is 4.98 Å². The average molecular weight is 305 g/mol. The van der Waals surface area contributed by atoms with Crippen molar-refractivity contribution in [3.63, 3.8) is 0 Å². The Morgan fingerprint density at radius 1 is 1.33 bits per heavy atom. The molecule has 1 aromatic heterocycles. The van der Waals surface area contributed by atoms with Gasteiger partial charge in [-0.2, -0.15) is 0 Å². The molecular weight excluding hydrogens is 288 g/mol. The van der Waals surface area contributed by atoms with Crippen LogP contribution in [0.1, 0.15) is 35.0 Å². The SMILES string of the molecule is CCCc1cc(C(=O)O)cc(Nc2cc(Cl)ccc2C)n1. The minimum absolute atomic E-state index is 0.232. The van der Waals surface area contributed by atoms with E-state index in [0.717, 1.165) is 29.8 Å². The van der Waals surface area contributed by atoms with Crippen LogP contribution in [0.15, 0.2) is 30.3 Å². The zero-order valence-corrected chi connectivity index (χ0v) is 12.7. The largest absolute Gasteiger partial charge is 0.478 e. The predicted octanol–water partition coefficient (Wildman–Crippen LogP) is 4.44. The Bertz CT molecular complexity index is 671. The number of aryl methyl sites for hydroxylation is 2. The fourth-order valence-electron chi connectivity index (χ4n) is 2.03. The van der Waals surface area contributed by atoms with Gasteiger partial charge < -0.3 is 10.4 Å². The van der Waals surface area contributed by atoms with E-state index in [1.165, 1.54) is 6.07 Å². The van der Waals surface area contributed by atoms with Crippen molar-refractivity contribution in [3.8, 4) is 0 Å². The van der Waals surface area contributed by atoms with Crippen LogP contribution in [0.3, 0.4) is 0 Å². The molecule has 0 fully saturated rings. The molecule has 0 amide bonds. The van der Waals surface area contributed by atoms with E-state index in [2.05, 4.69) is 10.3 Å². The molecule has 5 heteroatoms. The molecule has 0 atom stereocenters. The minimum atomic E-state index is -0.958. The number of carboxylic acid groups (broad SMARTS) is 1. The second kappa shape index (κ2) is 6.59. The van der Waals surface area contributed by atoms with Crippen LogP contribution in [0.5, 0.6) is 0 Å². The van der Waals surface area contributed by atoms with Crippen molar-refractivity contribution in [2.24, 2.45) is 0 Å². The smallest absolute Gasteiger partial charge is 0.335 e. The minimum Gasteiger partial charge on any atom is -0.478 e. The third kappa shape index (κ3) is 3.95. The van der Waals surface area contributed by atoms with Gasteiger partial charge in [0.1, 0.15) is 5.82 Å². The molecule has 0 spiro atoms. The molecule has 1 aromatic carbocycles. The van der Waals surface area contributed by atoms with Gasteiger partial charge in [0.25, 0.3) is 0 Å². The van der Waals surface area contributed by atoms with Gasteiger partial charge in [-0.3, -0.25) is 0 Å². The average Bonchev–Trinajstić information content (AvgIpc) is 2.43. The van der Waals surface area contributed by atoms with E-state index in [1.807, 2.05) is 26.0 Å². The highest BCUT2D eigenvalue weighted by Gasteiger charge is 2.09. The first-order valence-electron chi connectivity index (χ1n) is 6.77. The van der Waals surface area contributed by atoms with E-state index >= 15 is 0 Å². The van der Waals surface area contributed by atoms with Gasteiger partial charge in [0.15, 0.2) is 0 Å². The highest BCUT2D eigenvalue weighted by molar-refractivity contribution is 6.30. The van der Waals surface area contributed by atoms with Crippen LogP contribution in [-0.4, -0.2) is 16.1 Å². The summed E-state index contributed by atoms with van der Waals surface area (Å²) in [5.41, 5.74) is 2.83. The summed E-state index contributed by atoms with van der Waals surface area (Å²) >= 11 is 5.99. The first kappa shape index (κ1) is 15.3. The highest BCUT2D eigenvalue weighted by Crippen LogP contribution is 2.24. The fraction of sp³-hybridized carbons (Fsp3) is 0.250. The molecule has 21 heavy (non-hydrogen) atoms. The Morgan fingerprint density at radius 3 is 2.76 bits per heavy atom. The Kier molecular flexibility index (Phi) is 4.81. The number of benzene rings is 1. The summed E-state index contributed by atoms with van der Waals surface area (Å²) in [5.74, 6) is -0.440. The second-order valence-electron chi connectivity index (χ2n) is 4.87. The van der Waals surface area contributed by atoms with Crippen LogP contribution < -0.4 is 5.32 Å². The summed E-state index contributed by atoms with van der Waals surface area (Å²) in [6, 6.07) is 8.65. The zero-order valence-electron chi connectivity index (χ0n) is 12.0. The summed E-state index contributed by atoms with van der Waals surface area (Å²) in [7, 11) is 0. The zero-order chi connectivity index (χ0) is 15.4. The molecule has 1 heterocycles. The van der Waals surface area contributed by atoms with Gasteiger partial charge in [0.2, 0.25) is 0 Å². The number of rotatable bonds is 5. The molecule has 4 nitrogen and oxygen atoms in total. The number of halogens is 1. The summed E-state index contributed by atoms with van der Waals surface area (Å²) in [6.07, 6.45) is 1.65. The van der Waals surface area contributed by atoms with Crippen molar-refractivity contribution in [2.75, 3.05) is 5.32 Å². The van der Waals surface area contributed by atoms with E-state index < -0.39 is 5.97 Å². The molecule has 110 valence electrons. The lowest BCUT2D eigenvalue weighted by Crippen LogP contribution is -2.04. The number of carboxylic acids is 1. The molecule has 2 N–H and O–H groups in total. The van der Waals surface area contributed by atoms with Gasteiger partial charge in [-0.25, -0.2) is 9.78 Å². The van der Waals surface area contributed by atoms with Crippen molar-refractivity contribution in [3.05, 3.63) is 52.2 Å². The van der Waals surface area contributed by atoms with Gasteiger partial charge >= 0.3 is 5.97 Å². The molecule has 2 rings (SSSR count). The van der Waals surface area contributed by atoms with Crippen LogP contribution in [0.4, 0.5) is 11.5 Å². The Labute approximate surface area is 128 Å². The van der Waals surface area contributed by atoms with Crippen molar-refractivity contribution in [2.45, 2.75) is 26.7 Å². The van der Waals surface area contributed by atoms with E-state index in [1.54, 1.807) is 12.1 Å². The lowest BCUT2D eigenvalue weighted by atomic mass is 10.1. The van der Waals surface area contributed by atoms with Gasteiger partial charge in [-0.15, -0.1) is 0 Å². The highest BCUT2D eigenvalue weighted by atomic mass is 35.5. The number of nitrogens with one attached hydrogen (secondary N) is 1. The topological polar surface area (TPSA) is 62.2 Å². The quantitative estimate of drug-likeness (QED) is 0.857. The van der Waals surface area contributed by atoms with Gasteiger partial charge in [-0.1, -0.05) is 31.0 Å². The monoisotopic (exact) mass is 304 g/mol. The summed E-state index contributed by atoms with van der Waals surface area (Å²) < 4.78 is 0. The predicted molar refractivity (Wildman–Crippen MR) is 84.7 cm³/mol. The number of carbonyl (C=O) groups is 1. The van der Waals surface area contributed by atoms with Gasteiger partial charge in [0, 0.05) is 16.4 Å². The van der Waals surface area contributed by atoms with E-state index in [-0.39, 0.29) is 5.56 Å². The lowest BCUT2D eigenvalue weighted by molar-refractivity contribution is 0.0696. The number of aromatic carboxylic acids is 1. The van der Waals surface area contributed by atoms with Crippen molar-refractivity contribution < 1.29 is 9.90 Å². The first-order chi connectivity index (χ1) is 9.99.